The van der Waals surface area contributed by atoms with Crippen LogP contribution in [0, 0.1) is 0 Å². The summed E-state index contributed by atoms with van der Waals surface area (Å²) in [6.07, 6.45) is 0.887. The standard InChI is InChI=1S/C9H13FO2/c1-9(2)11-7-4-3-6(10)5-8(7)12-9/h6H,3-5H2,1-2H3. The van der Waals surface area contributed by atoms with Crippen LogP contribution in [0.15, 0.2) is 11.5 Å². The number of hydrogen-bond acceptors (Lipinski definition) is 2. The van der Waals surface area contributed by atoms with Gasteiger partial charge in [0.2, 0.25) is 5.79 Å². The number of allylic oxidation sites excluding steroid dienone is 2. The Kier molecular flexibility index (Phi) is 1.56. The van der Waals surface area contributed by atoms with Crippen LogP contribution in [-0.2, 0) is 9.47 Å². The van der Waals surface area contributed by atoms with Gasteiger partial charge in [0.1, 0.15) is 17.7 Å². The molecule has 0 aromatic heterocycles. The van der Waals surface area contributed by atoms with Crippen LogP contribution in [0.25, 0.3) is 0 Å². The first-order valence-corrected chi connectivity index (χ1v) is 4.31. The van der Waals surface area contributed by atoms with Gasteiger partial charge in [0.15, 0.2) is 0 Å². The van der Waals surface area contributed by atoms with Gasteiger partial charge in [-0.3, -0.25) is 0 Å². The van der Waals surface area contributed by atoms with Crippen LogP contribution >= 0.6 is 0 Å². The Hall–Kier alpha value is -0.730. The average molecular weight is 172 g/mol. The first kappa shape index (κ1) is 7.90. The number of hydrogen-bond donors (Lipinski definition) is 0. The molecule has 0 spiro atoms. The summed E-state index contributed by atoms with van der Waals surface area (Å²) in [4.78, 5) is 0. The largest absolute Gasteiger partial charge is 0.454 e. The molecule has 0 saturated carbocycles. The Labute approximate surface area is 71.4 Å². The van der Waals surface area contributed by atoms with Crippen molar-refractivity contribution in [1.82, 2.24) is 0 Å². The van der Waals surface area contributed by atoms with E-state index in [-0.39, 0.29) is 0 Å². The number of alkyl halides is 1. The maximum atomic E-state index is 12.9. The third-order valence-corrected chi connectivity index (χ3v) is 2.14. The van der Waals surface area contributed by atoms with Crippen molar-refractivity contribution in [3.8, 4) is 0 Å². The first-order chi connectivity index (χ1) is 5.57. The third-order valence-electron chi connectivity index (χ3n) is 2.14. The Morgan fingerprint density at radius 3 is 2.75 bits per heavy atom. The molecule has 0 aromatic carbocycles. The molecule has 3 heteroatoms. The lowest BCUT2D eigenvalue weighted by molar-refractivity contribution is -0.124. The smallest absolute Gasteiger partial charge is 0.245 e. The Bertz CT molecular complexity index is 233. The second-order valence-corrected chi connectivity index (χ2v) is 3.79. The molecule has 0 N–H and O–H groups in total. The number of halogens is 1. The molecule has 0 saturated heterocycles. The van der Waals surface area contributed by atoms with Crippen LogP contribution in [0.2, 0.25) is 0 Å². The topological polar surface area (TPSA) is 18.5 Å². The van der Waals surface area contributed by atoms with Gasteiger partial charge in [-0.1, -0.05) is 0 Å². The van der Waals surface area contributed by atoms with E-state index < -0.39 is 12.0 Å². The highest BCUT2D eigenvalue weighted by Crippen LogP contribution is 2.39. The minimum Gasteiger partial charge on any atom is -0.454 e. The van der Waals surface area contributed by atoms with Gasteiger partial charge in [-0.05, 0) is 6.42 Å². The third kappa shape index (κ3) is 1.28. The van der Waals surface area contributed by atoms with E-state index in [1.54, 1.807) is 0 Å². The van der Waals surface area contributed by atoms with Crippen LogP contribution in [0.1, 0.15) is 33.1 Å². The van der Waals surface area contributed by atoms with Crippen LogP contribution in [0.4, 0.5) is 4.39 Å². The SMILES string of the molecule is CC1(C)OC2=C(CC(F)CC2)O1. The van der Waals surface area contributed by atoms with Gasteiger partial charge in [0.05, 0.1) is 0 Å². The maximum absolute atomic E-state index is 12.9. The summed E-state index contributed by atoms with van der Waals surface area (Å²) in [6.45, 7) is 3.69. The molecule has 0 fully saturated rings. The molecule has 1 aliphatic heterocycles. The number of ether oxygens (including phenoxy) is 2. The van der Waals surface area contributed by atoms with E-state index in [9.17, 15) is 4.39 Å². The fraction of sp³-hybridized carbons (Fsp3) is 0.778. The zero-order chi connectivity index (χ0) is 8.77. The average Bonchev–Trinajstić information content (AvgIpc) is 2.21. The molecule has 2 rings (SSSR count). The van der Waals surface area contributed by atoms with E-state index in [1.807, 2.05) is 13.8 Å². The zero-order valence-corrected chi connectivity index (χ0v) is 7.39. The quantitative estimate of drug-likeness (QED) is 0.559. The summed E-state index contributed by atoms with van der Waals surface area (Å²) in [5.41, 5.74) is 0. The summed E-state index contributed by atoms with van der Waals surface area (Å²) in [5.74, 6) is 1.00. The lowest BCUT2D eigenvalue weighted by Gasteiger charge is -2.18. The molecule has 0 radical (unpaired) electrons. The Morgan fingerprint density at radius 2 is 2.00 bits per heavy atom. The van der Waals surface area contributed by atoms with Gasteiger partial charge in [0, 0.05) is 26.7 Å². The Morgan fingerprint density at radius 1 is 1.33 bits per heavy atom. The van der Waals surface area contributed by atoms with Crippen molar-refractivity contribution in [3.63, 3.8) is 0 Å². The molecule has 1 unspecified atom stereocenters. The van der Waals surface area contributed by atoms with Gasteiger partial charge in [-0.25, -0.2) is 4.39 Å². The van der Waals surface area contributed by atoms with Gasteiger partial charge in [-0.15, -0.1) is 0 Å². The van der Waals surface area contributed by atoms with Crippen LogP contribution in [0.5, 0.6) is 0 Å². The predicted molar refractivity (Wildman–Crippen MR) is 42.0 cm³/mol. The van der Waals surface area contributed by atoms with Crippen molar-refractivity contribution >= 4 is 0 Å². The van der Waals surface area contributed by atoms with Crippen molar-refractivity contribution in [2.24, 2.45) is 0 Å². The minimum absolute atomic E-state index is 0.388. The molecule has 0 aromatic rings. The lowest BCUT2D eigenvalue weighted by atomic mass is 10.0. The molecule has 1 heterocycles. The molecule has 2 aliphatic rings. The minimum atomic E-state index is -0.749. The van der Waals surface area contributed by atoms with E-state index >= 15 is 0 Å². The normalized spacial score (nSPS) is 32.4. The van der Waals surface area contributed by atoms with Crippen molar-refractivity contribution in [3.05, 3.63) is 11.5 Å². The fourth-order valence-electron chi connectivity index (χ4n) is 1.66. The predicted octanol–water partition coefficient (Wildman–Crippen LogP) is 2.50. The van der Waals surface area contributed by atoms with Gasteiger partial charge in [0.25, 0.3) is 0 Å². The summed E-state index contributed by atoms with van der Waals surface area (Å²) >= 11 is 0. The molecule has 0 amide bonds. The van der Waals surface area contributed by atoms with E-state index in [2.05, 4.69) is 0 Å². The molecule has 1 aliphatic carbocycles. The summed E-state index contributed by atoms with van der Waals surface area (Å²) < 4.78 is 23.8. The highest BCUT2D eigenvalue weighted by atomic mass is 19.1. The van der Waals surface area contributed by atoms with Crippen molar-refractivity contribution in [1.29, 1.82) is 0 Å². The zero-order valence-electron chi connectivity index (χ0n) is 7.39. The van der Waals surface area contributed by atoms with Gasteiger partial charge >= 0.3 is 0 Å². The van der Waals surface area contributed by atoms with Gasteiger partial charge in [-0.2, -0.15) is 0 Å². The molecule has 2 nitrogen and oxygen atoms in total. The van der Waals surface area contributed by atoms with E-state index in [0.29, 0.717) is 19.3 Å². The second-order valence-electron chi connectivity index (χ2n) is 3.79. The van der Waals surface area contributed by atoms with Crippen molar-refractivity contribution in [2.45, 2.75) is 45.1 Å². The second kappa shape index (κ2) is 2.38. The van der Waals surface area contributed by atoms with E-state index in [1.165, 1.54) is 0 Å². The summed E-state index contributed by atoms with van der Waals surface area (Å²) in [6, 6.07) is 0. The molecule has 68 valence electrons. The molecule has 0 bridgehead atoms. The van der Waals surface area contributed by atoms with Crippen molar-refractivity contribution in [2.75, 3.05) is 0 Å². The van der Waals surface area contributed by atoms with Crippen LogP contribution in [-0.4, -0.2) is 12.0 Å². The monoisotopic (exact) mass is 172 g/mol. The summed E-state index contributed by atoms with van der Waals surface area (Å²) in [5, 5.41) is 0. The molecule has 12 heavy (non-hydrogen) atoms. The molecule has 1 atom stereocenters. The molecular weight excluding hydrogens is 159 g/mol. The highest BCUT2D eigenvalue weighted by molar-refractivity contribution is 5.12. The van der Waals surface area contributed by atoms with E-state index in [4.69, 9.17) is 9.47 Å². The maximum Gasteiger partial charge on any atom is 0.245 e. The van der Waals surface area contributed by atoms with Crippen LogP contribution in [0.3, 0.4) is 0 Å². The van der Waals surface area contributed by atoms with Gasteiger partial charge < -0.3 is 9.47 Å². The Balaban J connectivity index is 2.14. The first-order valence-electron chi connectivity index (χ1n) is 4.31. The highest BCUT2D eigenvalue weighted by Gasteiger charge is 2.37. The van der Waals surface area contributed by atoms with E-state index in [0.717, 1.165) is 11.5 Å². The lowest BCUT2D eigenvalue weighted by Crippen LogP contribution is -2.20. The van der Waals surface area contributed by atoms with Crippen molar-refractivity contribution < 1.29 is 13.9 Å². The number of rotatable bonds is 0. The molecular formula is C9H13FO2. The van der Waals surface area contributed by atoms with Crippen LogP contribution < -0.4 is 0 Å². The fourth-order valence-corrected chi connectivity index (χ4v) is 1.66. The summed E-state index contributed by atoms with van der Waals surface area (Å²) in [7, 11) is 0.